The first-order chi connectivity index (χ1) is 17.3. The molecule has 6 aromatic rings. The average molecular weight is 481 g/mol. The normalized spacial score (nSPS) is 11.7. The lowest BCUT2D eigenvalue weighted by molar-refractivity contribution is 0.678. The fourth-order valence-corrected chi connectivity index (χ4v) is 5.28. The summed E-state index contributed by atoms with van der Waals surface area (Å²) in [4.78, 5) is 20.1. The van der Waals surface area contributed by atoms with Gasteiger partial charge in [-0.15, -0.1) is 10.2 Å². The van der Waals surface area contributed by atoms with Gasteiger partial charge in [0.1, 0.15) is 5.52 Å². The summed E-state index contributed by atoms with van der Waals surface area (Å²) in [6.07, 6.45) is 1.74. The maximum Gasteiger partial charge on any atom is 0.326 e. The molecule has 8 heteroatoms. The Hall–Kier alpha value is -3.91. The molecule has 0 aliphatic carbocycles. The van der Waals surface area contributed by atoms with Crippen LogP contribution in [0.15, 0.2) is 88.8 Å². The molecule has 0 saturated carbocycles. The highest BCUT2D eigenvalue weighted by atomic mass is 32.2. The van der Waals surface area contributed by atoms with Crippen LogP contribution in [0.1, 0.15) is 12.0 Å². The first-order valence-electron chi connectivity index (χ1n) is 11.7. The lowest BCUT2D eigenvalue weighted by atomic mass is 10.1. The third-order valence-electron chi connectivity index (χ3n) is 6.26. The number of fused-ring (bicyclic) bond motifs is 4. The van der Waals surface area contributed by atoms with Crippen LogP contribution in [0.5, 0.6) is 0 Å². The van der Waals surface area contributed by atoms with Crippen molar-refractivity contribution in [3.63, 3.8) is 0 Å². The Labute approximate surface area is 205 Å². The standard InChI is InChI=1S/C27H24N6OS/c34-27-28-21-12-5-7-14-23(21)33(27)16-8-18-35-26-29-25-24(30-31-26)20-11-4-6-13-22(20)32(25)17-15-19-9-2-1-3-10-19/h1-7,9-14H,8,15-18H2,(H,28,34). The van der Waals surface area contributed by atoms with Gasteiger partial charge in [-0.3, -0.25) is 4.57 Å². The molecule has 0 bridgehead atoms. The molecule has 1 N–H and O–H groups in total. The van der Waals surface area contributed by atoms with Crippen LogP contribution in [0.3, 0.4) is 0 Å². The summed E-state index contributed by atoms with van der Waals surface area (Å²) in [6, 6.07) is 26.6. The third-order valence-corrected chi connectivity index (χ3v) is 7.18. The number of hydrogen-bond donors (Lipinski definition) is 1. The number of rotatable bonds is 8. The molecule has 3 aromatic carbocycles. The van der Waals surface area contributed by atoms with Gasteiger partial charge in [0.05, 0.1) is 16.6 Å². The lowest BCUT2D eigenvalue weighted by Crippen LogP contribution is -2.17. The zero-order chi connectivity index (χ0) is 23.6. The van der Waals surface area contributed by atoms with E-state index in [-0.39, 0.29) is 5.69 Å². The molecule has 6 rings (SSSR count). The van der Waals surface area contributed by atoms with Gasteiger partial charge in [0.25, 0.3) is 0 Å². The summed E-state index contributed by atoms with van der Waals surface area (Å²) in [5.41, 5.74) is 5.86. The number of aromatic amines is 1. The molecule has 0 amide bonds. The van der Waals surface area contributed by atoms with Gasteiger partial charge in [-0.25, -0.2) is 9.78 Å². The average Bonchev–Trinajstić information content (AvgIpc) is 3.39. The SMILES string of the molecule is O=c1[nH]c2ccccc2n1CCCSc1nnc2c3ccccc3n(CCc3ccccc3)c2n1. The van der Waals surface area contributed by atoms with Crippen molar-refractivity contribution < 1.29 is 0 Å². The Kier molecular flexibility index (Phi) is 5.79. The number of para-hydroxylation sites is 3. The summed E-state index contributed by atoms with van der Waals surface area (Å²) in [7, 11) is 0. The molecule has 174 valence electrons. The molecular formula is C27H24N6OS. The van der Waals surface area contributed by atoms with E-state index in [1.807, 2.05) is 36.4 Å². The van der Waals surface area contributed by atoms with Crippen LogP contribution >= 0.6 is 11.8 Å². The van der Waals surface area contributed by atoms with E-state index in [2.05, 4.69) is 62.2 Å². The minimum atomic E-state index is -0.0709. The van der Waals surface area contributed by atoms with Crippen LogP contribution in [-0.2, 0) is 19.5 Å². The maximum atomic E-state index is 12.3. The Morgan fingerprint density at radius 1 is 0.800 bits per heavy atom. The molecule has 0 spiro atoms. The lowest BCUT2D eigenvalue weighted by Gasteiger charge is -2.07. The molecule has 0 aliphatic rings. The quantitative estimate of drug-likeness (QED) is 0.244. The Morgan fingerprint density at radius 3 is 2.46 bits per heavy atom. The maximum absolute atomic E-state index is 12.3. The number of nitrogens with one attached hydrogen (secondary N) is 1. The van der Waals surface area contributed by atoms with Crippen LogP contribution in [0.2, 0.25) is 0 Å². The smallest absolute Gasteiger partial charge is 0.323 e. The summed E-state index contributed by atoms with van der Waals surface area (Å²) in [5, 5.41) is 10.7. The second-order valence-electron chi connectivity index (χ2n) is 8.47. The van der Waals surface area contributed by atoms with Gasteiger partial charge >= 0.3 is 5.69 Å². The highest BCUT2D eigenvalue weighted by Gasteiger charge is 2.15. The summed E-state index contributed by atoms with van der Waals surface area (Å²) in [6.45, 7) is 1.46. The molecule has 0 aliphatic heterocycles. The first kappa shape index (κ1) is 21.6. The number of aryl methyl sites for hydroxylation is 3. The number of thioether (sulfide) groups is 1. The van der Waals surface area contributed by atoms with Crippen molar-refractivity contribution in [2.75, 3.05) is 5.75 Å². The van der Waals surface area contributed by atoms with Crippen LogP contribution in [0.25, 0.3) is 33.1 Å². The van der Waals surface area contributed by atoms with Crippen molar-refractivity contribution in [2.24, 2.45) is 0 Å². The highest BCUT2D eigenvalue weighted by molar-refractivity contribution is 7.99. The van der Waals surface area contributed by atoms with Gasteiger partial charge in [0.15, 0.2) is 5.65 Å². The van der Waals surface area contributed by atoms with Crippen LogP contribution in [0, 0.1) is 0 Å². The molecule has 3 aromatic heterocycles. The van der Waals surface area contributed by atoms with Crippen molar-refractivity contribution in [1.82, 2.24) is 29.3 Å². The molecule has 0 fully saturated rings. The molecule has 0 atom stereocenters. The molecule has 35 heavy (non-hydrogen) atoms. The number of benzene rings is 3. The van der Waals surface area contributed by atoms with Crippen molar-refractivity contribution in [3.8, 4) is 0 Å². The summed E-state index contributed by atoms with van der Waals surface area (Å²) < 4.78 is 4.04. The zero-order valence-corrected chi connectivity index (χ0v) is 19.9. The highest BCUT2D eigenvalue weighted by Crippen LogP contribution is 2.27. The van der Waals surface area contributed by atoms with Gasteiger partial charge in [-0.05, 0) is 36.6 Å². The Bertz CT molecular complexity index is 1680. The van der Waals surface area contributed by atoms with E-state index in [1.54, 1.807) is 16.3 Å². The zero-order valence-electron chi connectivity index (χ0n) is 19.1. The summed E-state index contributed by atoms with van der Waals surface area (Å²) in [5.74, 6) is 0.795. The van der Waals surface area contributed by atoms with Crippen molar-refractivity contribution in [3.05, 3.63) is 94.9 Å². The monoisotopic (exact) mass is 480 g/mol. The van der Waals surface area contributed by atoms with E-state index in [9.17, 15) is 4.79 Å². The second-order valence-corrected chi connectivity index (χ2v) is 9.53. The van der Waals surface area contributed by atoms with Crippen molar-refractivity contribution >= 4 is 44.9 Å². The predicted octanol–water partition coefficient (Wildman–Crippen LogP) is 5.05. The van der Waals surface area contributed by atoms with Crippen LogP contribution in [0.4, 0.5) is 0 Å². The molecule has 7 nitrogen and oxygen atoms in total. The van der Waals surface area contributed by atoms with Gasteiger partial charge in [-0.2, -0.15) is 0 Å². The van der Waals surface area contributed by atoms with Crippen molar-refractivity contribution in [1.29, 1.82) is 0 Å². The third kappa shape index (κ3) is 4.21. The van der Waals surface area contributed by atoms with Crippen molar-refractivity contribution in [2.45, 2.75) is 31.1 Å². The van der Waals surface area contributed by atoms with Crippen LogP contribution < -0.4 is 5.69 Å². The minimum Gasteiger partial charge on any atom is -0.323 e. The molecule has 3 heterocycles. The number of H-pyrrole nitrogens is 1. The predicted molar refractivity (Wildman–Crippen MR) is 141 cm³/mol. The Morgan fingerprint density at radius 2 is 1.57 bits per heavy atom. The largest absolute Gasteiger partial charge is 0.326 e. The van der Waals surface area contributed by atoms with E-state index in [4.69, 9.17) is 4.98 Å². The van der Waals surface area contributed by atoms with E-state index in [1.165, 1.54) is 5.56 Å². The number of hydrogen-bond acceptors (Lipinski definition) is 5. The molecular weight excluding hydrogens is 456 g/mol. The number of imidazole rings is 1. The van der Waals surface area contributed by atoms with Gasteiger partial charge in [0.2, 0.25) is 5.16 Å². The van der Waals surface area contributed by atoms with Gasteiger partial charge in [-0.1, -0.05) is 72.4 Å². The number of nitrogens with zero attached hydrogens (tertiary/aromatic N) is 5. The van der Waals surface area contributed by atoms with Gasteiger partial charge in [0, 0.05) is 24.2 Å². The molecule has 0 saturated heterocycles. The minimum absolute atomic E-state index is 0.0709. The van der Waals surface area contributed by atoms with Gasteiger partial charge < -0.3 is 9.55 Å². The topological polar surface area (TPSA) is 81.4 Å². The summed E-state index contributed by atoms with van der Waals surface area (Å²) >= 11 is 1.58. The Balaban J connectivity index is 1.22. The van der Waals surface area contributed by atoms with E-state index >= 15 is 0 Å². The van der Waals surface area contributed by atoms with E-state index < -0.39 is 0 Å². The number of aromatic nitrogens is 6. The van der Waals surface area contributed by atoms with E-state index in [0.717, 1.165) is 58.2 Å². The van der Waals surface area contributed by atoms with Crippen LogP contribution in [-0.4, -0.2) is 35.1 Å². The molecule has 0 unspecified atom stereocenters. The molecule has 0 radical (unpaired) electrons. The second kappa shape index (κ2) is 9.38. The fraction of sp³-hybridized carbons (Fsp3) is 0.185. The first-order valence-corrected chi connectivity index (χ1v) is 12.7. The fourth-order valence-electron chi connectivity index (χ4n) is 4.58. The van der Waals surface area contributed by atoms with E-state index in [0.29, 0.717) is 11.7 Å².